The van der Waals surface area contributed by atoms with Crippen LogP contribution in [0.4, 0.5) is 0 Å². The molecule has 0 saturated carbocycles. The molecular weight excluding hydrogens is 294 g/mol. The molecule has 0 aromatic carbocycles. The van der Waals surface area contributed by atoms with Gasteiger partial charge in [0.1, 0.15) is 0 Å². The summed E-state index contributed by atoms with van der Waals surface area (Å²) in [5.74, 6) is 0. The largest absolute Gasteiger partial charge is 0.376 e. The zero-order chi connectivity index (χ0) is 17.3. The molecule has 24 heavy (non-hydrogen) atoms. The van der Waals surface area contributed by atoms with Crippen molar-refractivity contribution in [1.82, 2.24) is 4.90 Å². The van der Waals surface area contributed by atoms with Crippen LogP contribution in [0, 0.1) is 0 Å². The van der Waals surface area contributed by atoms with Crippen molar-refractivity contribution in [3.63, 3.8) is 0 Å². The van der Waals surface area contributed by atoms with E-state index >= 15 is 0 Å². The molecule has 1 saturated heterocycles. The summed E-state index contributed by atoms with van der Waals surface area (Å²) < 4.78 is 5.88. The highest BCUT2D eigenvalue weighted by Crippen LogP contribution is 2.15. The second-order valence-corrected chi connectivity index (χ2v) is 7.77. The summed E-state index contributed by atoms with van der Waals surface area (Å²) in [6, 6.07) is 0. The molecule has 1 fully saturated rings. The predicted molar refractivity (Wildman–Crippen MR) is 107 cm³/mol. The van der Waals surface area contributed by atoms with Gasteiger partial charge in [0.2, 0.25) is 0 Å². The van der Waals surface area contributed by atoms with E-state index in [9.17, 15) is 0 Å². The molecule has 144 valence electrons. The van der Waals surface area contributed by atoms with Gasteiger partial charge in [0.05, 0.1) is 12.7 Å². The molecule has 0 radical (unpaired) electrons. The van der Waals surface area contributed by atoms with Gasteiger partial charge in [-0.05, 0) is 13.0 Å². The van der Waals surface area contributed by atoms with E-state index in [0.29, 0.717) is 6.10 Å². The van der Waals surface area contributed by atoms with E-state index in [1.807, 2.05) is 0 Å². The Morgan fingerprint density at radius 2 is 1.21 bits per heavy atom. The molecule has 1 rings (SSSR count). The van der Waals surface area contributed by atoms with E-state index in [4.69, 9.17) is 4.74 Å². The normalized spacial score (nSPS) is 19.0. The van der Waals surface area contributed by atoms with Crippen LogP contribution in [0.25, 0.3) is 0 Å². The van der Waals surface area contributed by atoms with Crippen molar-refractivity contribution >= 4 is 0 Å². The molecule has 0 spiro atoms. The maximum atomic E-state index is 5.88. The van der Waals surface area contributed by atoms with E-state index in [-0.39, 0.29) is 0 Å². The van der Waals surface area contributed by atoms with Gasteiger partial charge in [-0.15, -0.1) is 0 Å². The first-order valence-corrected chi connectivity index (χ1v) is 11.2. The number of unbranched alkanes of at least 4 members (excludes halogenated alkanes) is 13. The van der Waals surface area contributed by atoms with Crippen LogP contribution in [0.1, 0.15) is 110 Å². The number of hydrogen-bond donors (Lipinski definition) is 0. The average molecular weight is 340 g/mol. The van der Waals surface area contributed by atoms with Gasteiger partial charge in [0.15, 0.2) is 0 Å². The molecule has 0 aliphatic carbocycles. The van der Waals surface area contributed by atoms with Crippen LogP contribution in [0.15, 0.2) is 0 Å². The number of morpholine rings is 1. The molecule has 0 amide bonds. The van der Waals surface area contributed by atoms with Crippen LogP contribution in [0.2, 0.25) is 0 Å². The molecule has 2 heteroatoms. The Hall–Kier alpha value is -0.0800. The molecule has 1 heterocycles. The summed E-state index contributed by atoms with van der Waals surface area (Å²) in [6.07, 6.45) is 22.0. The van der Waals surface area contributed by atoms with Crippen molar-refractivity contribution in [3.8, 4) is 0 Å². The lowest BCUT2D eigenvalue weighted by Crippen LogP contribution is -2.42. The molecule has 1 unspecified atom stereocenters. The van der Waals surface area contributed by atoms with Gasteiger partial charge in [0.25, 0.3) is 0 Å². The topological polar surface area (TPSA) is 12.5 Å². The Bertz CT molecular complexity index is 256. The number of likely N-dealkylation sites (N-methyl/N-ethyl adjacent to an activating group) is 1. The third-order valence-corrected chi connectivity index (χ3v) is 5.55. The Morgan fingerprint density at radius 3 is 1.71 bits per heavy atom. The summed E-state index contributed by atoms with van der Waals surface area (Å²) in [4.78, 5) is 2.53. The van der Waals surface area contributed by atoms with Gasteiger partial charge in [-0.1, -0.05) is 104 Å². The Kier molecular flexibility index (Phi) is 15.0. The van der Waals surface area contributed by atoms with Crippen LogP contribution >= 0.6 is 0 Å². The summed E-state index contributed by atoms with van der Waals surface area (Å²) >= 11 is 0. The fraction of sp³-hybridized carbons (Fsp3) is 1.00. The smallest absolute Gasteiger partial charge is 0.0702 e. The van der Waals surface area contributed by atoms with Crippen molar-refractivity contribution < 1.29 is 4.74 Å². The van der Waals surface area contributed by atoms with Crippen LogP contribution in [0.5, 0.6) is 0 Å². The number of rotatable bonds is 16. The minimum Gasteiger partial charge on any atom is -0.376 e. The van der Waals surface area contributed by atoms with Crippen molar-refractivity contribution in [1.29, 1.82) is 0 Å². The van der Waals surface area contributed by atoms with Gasteiger partial charge in [0, 0.05) is 13.1 Å². The lowest BCUT2D eigenvalue weighted by molar-refractivity contribution is -0.0312. The molecule has 0 bridgehead atoms. The molecule has 0 aromatic heterocycles. The highest BCUT2D eigenvalue weighted by atomic mass is 16.5. The fourth-order valence-electron chi connectivity index (χ4n) is 3.81. The van der Waals surface area contributed by atoms with Crippen LogP contribution < -0.4 is 0 Å². The summed E-state index contributed by atoms with van der Waals surface area (Å²) in [7, 11) is 0. The van der Waals surface area contributed by atoms with E-state index < -0.39 is 0 Å². The Labute approximate surface area is 152 Å². The average Bonchev–Trinajstić information content (AvgIpc) is 2.62. The first-order chi connectivity index (χ1) is 11.9. The minimum absolute atomic E-state index is 0.510. The van der Waals surface area contributed by atoms with Gasteiger partial charge >= 0.3 is 0 Å². The summed E-state index contributed by atoms with van der Waals surface area (Å²) in [5, 5.41) is 0. The predicted octanol–water partition coefficient (Wildman–Crippen LogP) is 6.58. The van der Waals surface area contributed by atoms with Crippen molar-refractivity contribution in [2.75, 3.05) is 26.2 Å². The lowest BCUT2D eigenvalue weighted by Gasteiger charge is -2.32. The van der Waals surface area contributed by atoms with E-state index in [1.165, 1.54) is 103 Å². The molecular formula is C22H45NO. The number of nitrogens with zero attached hydrogens (tertiary/aromatic N) is 1. The third kappa shape index (κ3) is 12.3. The molecule has 0 aromatic rings. The second kappa shape index (κ2) is 16.4. The minimum atomic E-state index is 0.510. The Balaban J connectivity index is 1.75. The molecule has 2 nitrogen and oxygen atoms in total. The van der Waals surface area contributed by atoms with Crippen molar-refractivity contribution in [2.45, 2.75) is 116 Å². The quantitative estimate of drug-likeness (QED) is 0.294. The summed E-state index contributed by atoms with van der Waals surface area (Å²) in [5.41, 5.74) is 0. The molecule has 1 aliphatic rings. The van der Waals surface area contributed by atoms with Crippen molar-refractivity contribution in [2.24, 2.45) is 0 Å². The first-order valence-electron chi connectivity index (χ1n) is 11.2. The zero-order valence-electron chi connectivity index (χ0n) is 16.9. The van der Waals surface area contributed by atoms with E-state index in [2.05, 4.69) is 18.7 Å². The number of hydrogen-bond acceptors (Lipinski definition) is 2. The Morgan fingerprint density at radius 1 is 0.708 bits per heavy atom. The molecule has 1 aliphatic heterocycles. The van der Waals surface area contributed by atoms with Gasteiger partial charge in [-0.25, -0.2) is 0 Å². The third-order valence-electron chi connectivity index (χ3n) is 5.55. The van der Waals surface area contributed by atoms with Gasteiger partial charge in [-0.2, -0.15) is 0 Å². The first kappa shape index (κ1) is 22.0. The van der Waals surface area contributed by atoms with Crippen molar-refractivity contribution in [3.05, 3.63) is 0 Å². The van der Waals surface area contributed by atoms with E-state index in [1.54, 1.807) is 0 Å². The van der Waals surface area contributed by atoms with Crippen LogP contribution in [0.3, 0.4) is 0 Å². The van der Waals surface area contributed by atoms with Gasteiger partial charge in [-0.3, -0.25) is 4.90 Å². The maximum absolute atomic E-state index is 5.88. The van der Waals surface area contributed by atoms with E-state index in [0.717, 1.165) is 19.7 Å². The zero-order valence-corrected chi connectivity index (χ0v) is 16.9. The SMILES string of the molecule is CCCCCCCCCCCCCCCCC1CN(CC)CCO1. The molecule has 1 atom stereocenters. The van der Waals surface area contributed by atoms with Gasteiger partial charge < -0.3 is 4.74 Å². The fourth-order valence-corrected chi connectivity index (χ4v) is 3.81. The number of ether oxygens (including phenoxy) is 1. The summed E-state index contributed by atoms with van der Waals surface area (Å²) in [6.45, 7) is 8.97. The highest BCUT2D eigenvalue weighted by molar-refractivity contribution is 4.70. The highest BCUT2D eigenvalue weighted by Gasteiger charge is 2.18. The maximum Gasteiger partial charge on any atom is 0.0702 e. The van der Waals surface area contributed by atoms with Crippen LogP contribution in [-0.2, 0) is 4.74 Å². The molecule has 0 N–H and O–H groups in total. The van der Waals surface area contributed by atoms with Crippen LogP contribution in [-0.4, -0.2) is 37.2 Å². The standard InChI is InChI=1S/C22H45NO/c1-3-5-6-7-8-9-10-11-12-13-14-15-16-17-18-22-21-23(4-2)19-20-24-22/h22H,3-21H2,1-2H3. The second-order valence-electron chi connectivity index (χ2n) is 7.77. The monoisotopic (exact) mass is 339 g/mol. The lowest BCUT2D eigenvalue weighted by atomic mass is 10.0.